The van der Waals surface area contributed by atoms with E-state index in [2.05, 4.69) is 76.3 Å². The molecule has 2 aromatic carbocycles. The molecule has 1 aliphatic rings. The second-order valence-corrected chi connectivity index (χ2v) is 6.34. The molecule has 1 nitrogen and oxygen atoms in total. The van der Waals surface area contributed by atoms with Crippen LogP contribution < -0.4 is 4.90 Å². The molecule has 2 aromatic rings. The van der Waals surface area contributed by atoms with Crippen molar-refractivity contribution in [3.8, 4) is 0 Å². The lowest BCUT2D eigenvalue weighted by Gasteiger charge is -2.27. The molecule has 20 heavy (non-hydrogen) atoms. The van der Waals surface area contributed by atoms with Gasteiger partial charge in [-0.2, -0.15) is 0 Å². The lowest BCUT2D eigenvalue weighted by Crippen LogP contribution is -2.22. The number of anilines is 1. The van der Waals surface area contributed by atoms with Gasteiger partial charge in [-0.15, -0.1) is 0 Å². The van der Waals surface area contributed by atoms with Gasteiger partial charge in [0.1, 0.15) is 0 Å². The predicted molar refractivity (Wildman–Crippen MR) is 89.3 cm³/mol. The third-order valence-electron chi connectivity index (χ3n) is 4.18. The maximum Gasteiger partial charge on any atom is 0.0543 e. The maximum absolute atomic E-state index is 3.52. The first kappa shape index (κ1) is 13.7. The third kappa shape index (κ3) is 2.76. The molecule has 104 valence electrons. The Morgan fingerprint density at radius 1 is 1.05 bits per heavy atom. The summed E-state index contributed by atoms with van der Waals surface area (Å²) in [4.78, 5) is 2.54. The Morgan fingerprint density at radius 2 is 1.75 bits per heavy atom. The zero-order chi connectivity index (χ0) is 13.9. The quantitative estimate of drug-likeness (QED) is 0.733. The molecule has 0 saturated carbocycles. The number of nitrogens with zero attached hydrogens (tertiary/aromatic N) is 1. The minimum absolute atomic E-state index is 0.524. The first-order chi connectivity index (χ1) is 9.78. The van der Waals surface area contributed by atoms with Crippen LogP contribution in [0.15, 0.2) is 53.0 Å². The summed E-state index contributed by atoms with van der Waals surface area (Å²) < 4.78 is 1.15. The number of halogens is 1. The summed E-state index contributed by atoms with van der Waals surface area (Å²) in [5.74, 6) is 0. The molecule has 2 heteroatoms. The highest BCUT2D eigenvalue weighted by Gasteiger charge is 2.25. The topological polar surface area (TPSA) is 3.24 Å². The van der Waals surface area contributed by atoms with Crippen molar-refractivity contribution >= 4 is 21.6 Å². The van der Waals surface area contributed by atoms with Gasteiger partial charge in [-0.3, -0.25) is 0 Å². The first-order valence-electron chi connectivity index (χ1n) is 7.39. The SMILES string of the molecule is CCc1ccc(N2CCCC2c2ccc(Br)cc2)cc1. The number of rotatable bonds is 3. The van der Waals surface area contributed by atoms with E-state index in [1.807, 2.05) is 0 Å². The zero-order valence-corrected chi connectivity index (χ0v) is 13.4. The van der Waals surface area contributed by atoms with Crippen molar-refractivity contribution in [2.75, 3.05) is 11.4 Å². The average Bonchev–Trinajstić information content (AvgIpc) is 2.97. The second kappa shape index (κ2) is 6.01. The van der Waals surface area contributed by atoms with Crippen molar-refractivity contribution in [3.05, 3.63) is 64.1 Å². The van der Waals surface area contributed by atoms with E-state index < -0.39 is 0 Å². The highest BCUT2D eigenvalue weighted by Crippen LogP contribution is 2.36. The van der Waals surface area contributed by atoms with E-state index in [1.54, 1.807) is 0 Å². The van der Waals surface area contributed by atoms with E-state index in [0.717, 1.165) is 17.4 Å². The molecule has 0 radical (unpaired) electrons. The second-order valence-electron chi connectivity index (χ2n) is 5.42. The fourth-order valence-electron chi connectivity index (χ4n) is 3.03. The van der Waals surface area contributed by atoms with Gasteiger partial charge in [0.15, 0.2) is 0 Å². The molecule has 1 unspecified atom stereocenters. The molecule has 0 aromatic heterocycles. The van der Waals surface area contributed by atoms with Gasteiger partial charge in [-0.1, -0.05) is 47.1 Å². The molecule has 1 fully saturated rings. The first-order valence-corrected chi connectivity index (χ1v) is 8.18. The smallest absolute Gasteiger partial charge is 0.0543 e. The van der Waals surface area contributed by atoms with Gasteiger partial charge < -0.3 is 4.90 Å². The third-order valence-corrected chi connectivity index (χ3v) is 4.71. The summed E-state index contributed by atoms with van der Waals surface area (Å²) >= 11 is 3.52. The van der Waals surface area contributed by atoms with Gasteiger partial charge >= 0.3 is 0 Å². The number of aryl methyl sites for hydroxylation is 1. The largest absolute Gasteiger partial charge is 0.364 e. The molecular weight excluding hydrogens is 310 g/mol. The van der Waals surface area contributed by atoms with Crippen LogP contribution in [0.1, 0.15) is 36.9 Å². The summed E-state index contributed by atoms with van der Waals surface area (Å²) in [5, 5.41) is 0. The van der Waals surface area contributed by atoms with Crippen LogP contribution in [0.4, 0.5) is 5.69 Å². The lowest BCUT2D eigenvalue weighted by molar-refractivity contribution is 0.719. The van der Waals surface area contributed by atoms with Crippen LogP contribution in [0.5, 0.6) is 0 Å². The van der Waals surface area contributed by atoms with Gasteiger partial charge in [-0.25, -0.2) is 0 Å². The Morgan fingerprint density at radius 3 is 2.40 bits per heavy atom. The summed E-state index contributed by atoms with van der Waals surface area (Å²) in [5.41, 5.74) is 4.19. The fourth-order valence-corrected chi connectivity index (χ4v) is 3.29. The normalized spacial score (nSPS) is 18.5. The molecule has 0 amide bonds. The van der Waals surface area contributed by atoms with Crippen molar-refractivity contribution in [2.24, 2.45) is 0 Å². The molecule has 1 saturated heterocycles. The lowest BCUT2D eigenvalue weighted by atomic mass is 10.0. The van der Waals surface area contributed by atoms with Crippen LogP contribution in [0, 0.1) is 0 Å². The van der Waals surface area contributed by atoms with E-state index in [4.69, 9.17) is 0 Å². The van der Waals surface area contributed by atoms with Crippen molar-refractivity contribution in [1.82, 2.24) is 0 Å². The van der Waals surface area contributed by atoms with Crippen molar-refractivity contribution in [2.45, 2.75) is 32.2 Å². The number of benzene rings is 2. The molecule has 1 atom stereocenters. The molecule has 0 spiro atoms. The summed E-state index contributed by atoms with van der Waals surface area (Å²) in [7, 11) is 0. The predicted octanol–water partition coefficient (Wildman–Crippen LogP) is 5.35. The summed E-state index contributed by atoms with van der Waals surface area (Å²) in [6.07, 6.45) is 3.63. The Balaban J connectivity index is 1.86. The molecule has 0 N–H and O–H groups in total. The van der Waals surface area contributed by atoms with Gasteiger partial charge in [0.2, 0.25) is 0 Å². The number of hydrogen-bond donors (Lipinski definition) is 0. The van der Waals surface area contributed by atoms with Crippen molar-refractivity contribution in [3.63, 3.8) is 0 Å². The summed E-state index contributed by atoms with van der Waals surface area (Å²) in [6.45, 7) is 3.36. The summed E-state index contributed by atoms with van der Waals surface area (Å²) in [6, 6.07) is 18.4. The molecule has 1 heterocycles. The molecular formula is C18H20BrN. The van der Waals surface area contributed by atoms with Crippen molar-refractivity contribution < 1.29 is 0 Å². The molecule has 1 aliphatic heterocycles. The minimum Gasteiger partial charge on any atom is -0.364 e. The van der Waals surface area contributed by atoms with E-state index in [-0.39, 0.29) is 0 Å². The highest BCUT2D eigenvalue weighted by molar-refractivity contribution is 9.10. The van der Waals surface area contributed by atoms with Crippen LogP contribution >= 0.6 is 15.9 Å². The van der Waals surface area contributed by atoms with Gasteiger partial charge in [0.25, 0.3) is 0 Å². The van der Waals surface area contributed by atoms with E-state index in [1.165, 1.54) is 29.7 Å². The molecule has 3 rings (SSSR count). The Hall–Kier alpha value is -1.28. The average molecular weight is 330 g/mol. The van der Waals surface area contributed by atoms with Gasteiger partial charge in [-0.05, 0) is 54.7 Å². The molecule has 0 bridgehead atoms. The fraction of sp³-hybridized carbons (Fsp3) is 0.333. The minimum atomic E-state index is 0.524. The number of hydrogen-bond acceptors (Lipinski definition) is 1. The monoisotopic (exact) mass is 329 g/mol. The Kier molecular flexibility index (Phi) is 4.11. The van der Waals surface area contributed by atoms with Crippen LogP contribution in [0.25, 0.3) is 0 Å². The van der Waals surface area contributed by atoms with E-state index in [0.29, 0.717) is 6.04 Å². The van der Waals surface area contributed by atoms with Gasteiger partial charge in [0.05, 0.1) is 6.04 Å². The van der Waals surface area contributed by atoms with E-state index >= 15 is 0 Å². The Labute approximate surface area is 129 Å². The molecule has 0 aliphatic carbocycles. The van der Waals surface area contributed by atoms with Gasteiger partial charge in [0, 0.05) is 16.7 Å². The Bertz CT molecular complexity index is 559. The van der Waals surface area contributed by atoms with Crippen LogP contribution in [-0.2, 0) is 6.42 Å². The van der Waals surface area contributed by atoms with Crippen LogP contribution in [-0.4, -0.2) is 6.54 Å². The highest BCUT2D eigenvalue weighted by atomic mass is 79.9. The van der Waals surface area contributed by atoms with Crippen molar-refractivity contribution in [1.29, 1.82) is 0 Å². The van der Waals surface area contributed by atoms with E-state index in [9.17, 15) is 0 Å². The van der Waals surface area contributed by atoms with Crippen LogP contribution in [0.2, 0.25) is 0 Å². The maximum atomic E-state index is 3.52. The standard InChI is InChI=1S/C18H20BrN/c1-2-14-5-11-17(12-6-14)20-13-3-4-18(20)15-7-9-16(19)10-8-15/h5-12,18H,2-4,13H2,1H3. The van der Waals surface area contributed by atoms with Crippen LogP contribution in [0.3, 0.4) is 0 Å². The zero-order valence-electron chi connectivity index (χ0n) is 11.8.